The number of anilines is 1. The first-order chi connectivity index (χ1) is 14.6. The van der Waals surface area contributed by atoms with Crippen LogP contribution < -0.4 is 14.4 Å². The number of ether oxygens (including phenoxy) is 2. The van der Waals surface area contributed by atoms with Crippen molar-refractivity contribution >= 4 is 23.5 Å². The molecule has 1 aliphatic rings. The number of carbonyl (C=O) groups is 1. The third kappa shape index (κ3) is 3.67. The van der Waals surface area contributed by atoms with Gasteiger partial charge in [-0.1, -0.05) is 24.3 Å². The van der Waals surface area contributed by atoms with E-state index in [2.05, 4.69) is 4.99 Å². The Kier molecular flexibility index (Phi) is 5.30. The minimum atomic E-state index is -0.379. The van der Waals surface area contributed by atoms with Crippen LogP contribution in [0.25, 0.3) is 6.08 Å². The molecule has 1 aliphatic heterocycles. The molecule has 3 aromatic carbocycles. The summed E-state index contributed by atoms with van der Waals surface area (Å²) in [6, 6.07) is 20.4. The summed E-state index contributed by atoms with van der Waals surface area (Å²) in [7, 11) is 3.16. The SMILES string of the molecule is COc1ccc(/C=C2/N=C(c3ccccc3OC)N(c3ccc(F)cc3)C2=O)cc1. The number of aliphatic imine (C=N–C) groups is 1. The molecule has 1 amide bonds. The van der Waals surface area contributed by atoms with E-state index < -0.39 is 0 Å². The lowest BCUT2D eigenvalue weighted by molar-refractivity contribution is -0.113. The highest BCUT2D eigenvalue weighted by Crippen LogP contribution is 2.31. The van der Waals surface area contributed by atoms with Crippen molar-refractivity contribution in [1.29, 1.82) is 0 Å². The molecule has 5 nitrogen and oxygen atoms in total. The summed E-state index contributed by atoms with van der Waals surface area (Å²) in [5.41, 5.74) is 2.26. The molecule has 1 heterocycles. The Morgan fingerprint density at radius 3 is 2.27 bits per heavy atom. The zero-order valence-corrected chi connectivity index (χ0v) is 16.5. The van der Waals surface area contributed by atoms with Gasteiger partial charge >= 0.3 is 0 Å². The Bertz CT molecular complexity index is 1140. The average molecular weight is 402 g/mol. The Morgan fingerprint density at radius 2 is 1.60 bits per heavy atom. The second kappa shape index (κ2) is 8.21. The van der Waals surface area contributed by atoms with Gasteiger partial charge in [0.15, 0.2) is 5.84 Å². The fourth-order valence-electron chi connectivity index (χ4n) is 3.21. The lowest BCUT2D eigenvalue weighted by atomic mass is 10.1. The van der Waals surface area contributed by atoms with E-state index in [0.29, 0.717) is 22.8 Å². The molecular formula is C24H19FN2O3. The van der Waals surface area contributed by atoms with Crippen molar-refractivity contribution < 1.29 is 18.7 Å². The van der Waals surface area contributed by atoms with Gasteiger partial charge in [-0.2, -0.15) is 0 Å². The molecule has 30 heavy (non-hydrogen) atoms. The molecule has 0 atom stereocenters. The van der Waals surface area contributed by atoms with Crippen molar-refractivity contribution in [1.82, 2.24) is 0 Å². The summed E-state index contributed by atoms with van der Waals surface area (Å²) in [5, 5.41) is 0. The molecule has 0 N–H and O–H groups in total. The molecular weight excluding hydrogens is 383 g/mol. The number of hydrogen-bond donors (Lipinski definition) is 0. The van der Waals surface area contributed by atoms with Crippen molar-refractivity contribution in [2.75, 3.05) is 19.1 Å². The molecule has 0 bridgehead atoms. The standard InChI is InChI=1S/C24H19FN2O3/c1-29-19-13-7-16(8-14-19)15-21-24(28)27(18-11-9-17(25)10-12-18)23(26-21)20-5-3-4-6-22(20)30-2/h3-15H,1-2H3/b21-15+. The van der Waals surface area contributed by atoms with Gasteiger partial charge in [0, 0.05) is 0 Å². The van der Waals surface area contributed by atoms with Gasteiger partial charge in [0.1, 0.15) is 23.0 Å². The normalized spacial score (nSPS) is 14.8. The number of nitrogens with zero attached hydrogens (tertiary/aromatic N) is 2. The largest absolute Gasteiger partial charge is 0.497 e. The highest BCUT2D eigenvalue weighted by Gasteiger charge is 2.33. The minimum Gasteiger partial charge on any atom is -0.497 e. The number of benzene rings is 3. The van der Waals surface area contributed by atoms with E-state index in [9.17, 15) is 9.18 Å². The van der Waals surface area contributed by atoms with E-state index in [1.165, 1.54) is 17.0 Å². The summed E-state index contributed by atoms with van der Waals surface area (Å²) in [4.78, 5) is 19.4. The first-order valence-corrected chi connectivity index (χ1v) is 9.28. The Morgan fingerprint density at radius 1 is 0.900 bits per heavy atom. The lowest BCUT2D eigenvalue weighted by Crippen LogP contribution is -2.32. The Labute approximate surface area is 173 Å². The fourth-order valence-corrected chi connectivity index (χ4v) is 3.21. The van der Waals surface area contributed by atoms with Crippen molar-refractivity contribution in [2.24, 2.45) is 4.99 Å². The maximum absolute atomic E-state index is 13.5. The van der Waals surface area contributed by atoms with Crippen LogP contribution in [0.1, 0.15) is 11.1 Å². The summed E-state index contributed by atoms with van der Waals surface area (Å²) in [5.74, 6) is 1.04. The molecule has 0 radical (unpaired) electrons. The van der Waals surface area contributed by atoms with E-state index >= 15 is 0 Å². The van der Waals surface area contributed by atoms with E-state index in [1.807, 2.05) is 42.5 Å². The van der Waals surface area contributed by atoms with E-state index in [0.717, 1.165) is 11.3 Å². The molecule has 0 spiro atoms. The van der Waals surface area contributed by atoms with Crippen LogP contribution in [0.5, 0.6) is 11.5 Å². The number of amides is 1. The highest BCUT2D eigenvalue weighted by molar-refractivity contribution is 6.33. The van der Waals surface area contributed by atoms with Crippen molar-refractivity contribution in [3.8, 4) is 11.5 Å². The van der Waals surface area contributed by atoms with Crippen LogP contribution in [0.2, 0.25) is 0 Å². The number of para-hydroxylation sites is 1. The van der Waals surface area contributed by atoms with Crippen LogP contribution in [0.3, 0.4) is 0 Å². The fraction of sp³-hybridized carbons (Fsp3) is 0.0833. The smallest absolute Gasteiger partial charge is 0.282 e. The number of halogens is 1. The van der Waals surface area contributed by atoms with Gasteiger partial charge < -0.3 is 9.47 Å². The highest BCUT2D eigenvalue weighted by atomic mass is 19.1. The topological polar surface area (TPSA) is 51.1 Å². The lowest BCUT2D eigenvalue weighted by Gasteiger charge is -2.19. The van der Waals surface area contributed by atoms with Gasteiger partial charge in [0.25, 0.3) is 5.91 Å². The van der Waals surface area contributed by atoms with Crippen LogP contribution in [-0.4, -0.2) is 26.0 Å². The van der Waals surface area contributed by atoms with Crippen molar-refractivity contribution in [2.45, 2.75) is 0 Å². The van der Waals surface area contributed by atoms with Crippen molar-refractivity contribution in [3.63, 3.8) is 0 Å². The molecule has 6 heteroatoms. The zero-order chi connectivity index (χ0) is 21.1. The van der Waals surface area contributed by atoms with Crippen molar-refractivity contribution in [3.05, 3.63) is 95.4 Å². The summed E-state index contributed by atoms with van der Waals surface area (Å²) in [6.45, 7) is 0. The molecule has 0 aromatic heterocycles. The van der Waals surface area contributed by atoms with E-state index in [1.54, 1.807) is 38.5 Å². The molecule has 150 valence electrons. The molecule has 3 aromatic rings. The zero-order valence-electron chi connectivity index (χ0n) is 16.5. The first-order valence-electron chi connectivity index (χ1n) is 9.28. The Hall–Kier alpha value is -3.93. The molecule has 0 aliphatic carbocycles. The predicted octanol–water partition coefficient (Wildman–Crippen LogP) is 4.68. The molecule has 0 saturated carbocycles. The molecule has 4 rings (SSSR count). The minimum absolute atomic E-state index is 0.269. The van der Waals surface area contributed by atoms with Crippen LogP contribution in [0.4, 0.5) is 10.1 Å². The van der Waals surface area contributed by atoms with Gasteiger partial charge in [0.2, 0.25) is 0 Å². The van der Waals surface area contributed by atoms with Gasteiger partial charge in [-0.3, -0.25) is 9.69 Å². The number of amidine groups is 1. The maximum atomic E-state index is 13.5. The van der Waals surface area contributed by atoms with Crippen LogP contribution in [-0.2, 0) is 4.79 Å². The summed E-state index contributed by atoms with van der Waals surface area (Å²) >= 11 is 0. The van der Waals surface area contributed by atoms with Gasteiger partial charge in [-0.05, 0) is 60.2 Å². The first kappa shape index (κ1) is 19.4. The van der Waals surface area contributed by atoms with E-state index in [-0.39, 0.29) is 17.4 Å². The van der Waals surface area contributed by atoms with E-state index in [4.69, 9.17) is 9.47 Å². The second-order valence-electron chi connectivity index (χ2n) is 6.56. The second-order valence-corrected chi connectivity index (χ2v) is 6.56. The predicted molar refractivity (Wildman–Crippen MR) is 114 cm³/mol. The quantitative estimate of drug-likeness (QED) is 0.583. The molecule has 0 saturated heterocycles. The number of carbonyl (C=O) groups excluding carboxylic acids is 1. The third-order valence-electron chi connectivity index (χ3n) is 4.71. The number of rotatable bonds is 5. The number of hydrogen-bond acceptors (Lipinski definition) is 4. The summed E-state index contributed by atoms with van der Waals surface area (Å²) in [6.07, 6.45) is 1.71. The molecule has 0 fully saturated rings. The Balaban J connectivity index is 1.82. The summed E-state index contributed by atoms with van der Waals surface area (Å²) < 4.78 is 24.1. The molecule has 0 unspecified atom stereocenters. The van der Waals surface area contributed by atoms with Gasteiger partial charge in [0.05, 0.1) is 25.5 Å². The number of methoxy groups -OCH3 is 2. The maximum Gasteiger partial charge on any atom is 0.282 e. The van der Waals surface area contributed by atoms with Crippen LogP contribution in [0.15, 0.2) is 83.5 Å². The van der Waals surface area contributed by atoms with Crippen LogP contribution in [0, 0.1) is 5.82 Å². The van der Waals surface area contributed by atoms with Gasteiger partial charge in [-0.15, -0.1) is 0 Å². The third-order valence-corrected chi connectivity index (χ3v) is 4.71. The monoisotopic (exact) mass is 402 g/mol. The van der Waals surface area contributed by atoms with Gasteiger partial charge in [-0.25, -0.2) is 9.38 Å². The van der Waals surface area contributed by atoms with Crippen LogP contribution >= 0.6 is 0 Å². The average Bonchev–Trinajstić information content (AvgIpc) is 3.10.